The van der Waals surface area contributed by atoms with Crippen LogP contribution in [0.2, 0.25) is 0 Å². The lowest BCUT2D eigenvalue weighted by Crippen LogP contribution is -2.47. The first kappa shape index (κ1) is 18.6. The molecule has 1 aliphatic rings. The number of anilines is 3. The molecule has 1 aromatic carbocycles. The molecule has 1 N–H and O–H groups in total. The maximum Gasteiger partial charge on any atom is 0.274 e. The first-order valence-corrected chi connectivity index (χ1v) is 9.28. The van der Waals surface area contributed by atoms with Crippen molar-refractivity contribution in [2.24, 2.45) is 0 Å². The van der Waals surface area contributed by atoms with Crippen molar-refractivity contribution in [3.05, 3.63) is 60.7 Å². The monoisotopic (exact) mass is 391 g/mol. The van der Waals surface area contributed by atoms with Gasteiger partial charge in [-0.25, -0.2) is 19.9 Å². The van der Waals surface area contributed by atoms with Crippen molar-refractivity contribution in [3.63, 3.8) is 0 Å². The van der Waals surface area contributed by atoms with Gasteiger partial charge in [-0.1, -0.05) is 6.07 Å². The Kier molecular flexibility index (Phi) is 5.46. The average Bonchev–Trinajstić information content (AvgIpc) is 2.80. The second-order valence-corrected chi connectivity index (χ2v) is 6.45. The van der Waals surface area contributed by atoms with Crippen molar-refractivity contribution < 1.29 is 9.53 Å². The third kappa shape index (κ3) is 4.40. The molecule has 3 heterocycles. The molecule has 0 saturated carbocycles. The molecule has 3 aromatic rings. The summed E-state index contributed by atoms with van der Waals surface area (Å²) in [5, 5.41) is 2.84. The molecule has 0 aliphatic carbocycles. The van der Waals surface area contributed by atoms with Crippen molar-refractivity contribution in [1.29, 1.82) is 0 Å². The largest absolute Gasteiger partial charge is 0.497 e. The van der Waals surface area contributed by atoms with Crippen LogP contribution >= 0.6 is 0 Å². The van der Waals surface area contributed by atoms with Crippen LogP contribution in [0.1, 0.15) is 10.5 Å². The van der Waals surface area contributed by atoms with Gasteiger partial charge in [-0.05, 0) is 24.3 Å². The predicted molar refractivity (Wildman–Crippen MR) is 109 cm³/mol. The smallest absolute Gasteiger partial charge is 0.274 e. The first-order chi connectivity index (χ1) is 14.2. The summed E-state index contributed by atoms with van der Waals surface area (Å²) in [5.41, 5.74) is 0.956. The van der Waals surface area contributed by atoms with E-state index in [1.807, 2.05) is 12.1 Å². The van der Waals surface area contributed by atoms with Gasteiger partial charge < -0.3 is 19.9 Å². The van der Waals surface area contributed by atoms with Crippen LogP contribution in [-0.4, -0.2) is 59.1 Å². The average molecular weight is 391 g/mol. The third-order valence-electron chi connectivity index (χ3n) is 4.60. The number of benzene rings is 1. The number of aromatic nitrogens is 4. The van der Waals surface area contributed by atoms with Crippen LogP contribution < -0.4 is 19.9 Å². The molecule has 148 valence electrons. The van der Waals surface area contributed by atoms with Gasteiger partial charge in [-0.15, -0.1) is 0 Å². The van der Waals surface area contributed by atoms with Gasteiger partial charge in [-0.3, -0.25) is 4.79 Å². The zero-order valence-corrected chi connectivity index (χ0v) is 16.0. The number of hydrogen-bond donors (Lipinski definition) is 1. The van der Waals surface area contributed by atoms with Crippen LogP contribution in [0.5, 0.6) is 5.75 Å². The van der Waals surface area contributed by atoms with E-state index in [-0.39, 0.29) is 5.91 Å². The molecule has 0 radical (unpaired) electrons. The fourth-order valence-corrected chi connectivity index (χ4v) is 3.08. The molecule has 0 bridgehead atoms. The van der Waals surface area contributed by atoms with Crippen LogP contribution in [0, 0.1) is 0 Å². The number of rotatable bonds is 5. The number of carbonyl (C=O) groups excluding carboxylic acids is 1. The Hall–Kier alpha value is -3.75. The molecule has 29 heavy (non-hydrogen) atoms. The summed E-state index contributed by atoms with van der Waals surface area (Å²) in [5.74, 6) is 1.64. The molecular weight excluding hydrogens is 370 g/mol. The summed E-state index contributed by atoms with van der Waals surface area (Å²) in [6.45, 7) is 2.96. The molecule has 0 atom stereocenters. The van der Waals surface area contributed by atoms with Crippen LogP contribution in [0.25, 0.3) is 0 Å². The van der Waals surface area contributed by atoms with Gasteiger partial charge in [0.15, 0.2) is 0 Å². The Morgan fingerprint density at radius 3 is 2.34 bits per heavy atom. The first-order valence-electron chi connectivity index (χ1n) is 9.28. The molecule has 1 aliphatic heterocycles. The highest BCUT2D eigenvalue weighted by Gasteiger charge is 2.21. The minimum Gasteiger partial charge on any atom is -0.497 e. The maximum atomic E-state index is 12.6. The van der Waals surface area contributed by atoms with Gasteiger partial charge in [0.25, 0.3) is 5.91 Å². The summed E-state index contributed by atoms with van der Waals surface area (Å²) in [7, 11) is 1.58. The Labute approximate surface area is 168 Å². The van der Waals surface area contributed by atoms with Crippen molar-refractivity contribution >= 4 is 23.5 Å². The van der Waals surface area contributed by atoms with Crippen LogP contribution in [0.3, 0.4) is 0 Å². The number of methoxy groups -OCH3 is 1. The number of nitrogens with zero attached hydrogens (tertiary/aromatic N) is 6. The molecule has 9 heteroatoms. The summed E-state index contributed by atoms with van der Waals surface area (Å²) >= 11 is 0. The Morgan fingerprint density at radius 2 is 1.62 bits per heavy atom. The highest BCUT2D eigenvalue weighted by Crippen LogP contribution is 2.18. The topological polar surface area (TPSA) is 96.4 Å². The fourth-order valence-electron chi connectivity index (χ4n) is 3.08. The zero-order chi connectivity index (χ0) is 20.1. The maximum absolute atomic E-state index is 12.6. The molecule has 2 aromatic heterocycles. The van der Waals surface area contributed by atoms with E-state index in [2.05, 4.69) is 35.1 Å². The lowest BCUT2D eigenvalue weighted by molar-refractivity contribution is 0.102. The Bertz CT molecular complexity index is 975. The summed E-state index contributed by atoms with van der Waals surface area (Å²) in [4.78, 5) is 34.2. The minimum atomic E-state index is -0.293. The second-order valence-electron chi connectivity index (χ2n) is 6.45. The number of carbonyl (C=O) groups is 1. The molecule has 9 nitrogen and oxygen atoms in total. The highest BCUT2D eigenvalue weighted by atomic mass is 16.5. The second kappa shape index (κ2) is 8.51. The van der Waals surface area contributed by atoms with Crippen molar-refractivity contribution in [2.45, 2.75) is 0 Å². The summed E-state index contributed by atoms with van der Waals surface area (Å²) < 4.78 is 5.18. The van der Waals surface area contributed by atoms with Gasteiger partial charge >= 0.3 is 0 Å². The highest BCUT2D eigenvalue weighted by molar-refractivity contribution is 6.03. The van der Waals surface area contributed by atoms with E-state index in [4.69, 9.17) is 4.74 Å². The summed E-state index contributed by atoms with van der Waals surface area (Å²) in [6.07, 6.45) is 5.08. The lowest BCUT2D eigenvalue weighted by atomic mass is 10.3. The quantitative estimate of drug-likeness (QED) is 0.704. The van der Waals surface area contributed by atoms with Crippen molar-refractivity contribution in [2.75, 3.05) is 48.4 Å². The predicted octanol–water partition coefficient (Wildman–Crippen LogP) is 1.85. The van der Waals surface area contributed by atoms with Crippen molar-refractivity contribution in [1.82, 2.24) is 19.9 Å². The molecule has 1 amide bonds. The molecule has 1 saturated heterocycles. The van der Waals surface area contributed by atoms with Crippen LogP contribution in [0.4, 0.5) is 17.6 Å². The molecule has 1 fully saturated rings. The van der Waals surface area contributed by atoms with Crippen LogP contribution in [-0.2, 0) is 0 Å². The SMILES string of the molecule is COc1cccc(NC(=O)c2ccnc(N3CCN(c4ncccn4)CC3)n2)c1. The lowest BCUT2D eigenvalue weighted by Gasteiger charge is -2.34. The number of nitrogens with one attached hydrogen (secondary N) is 1. The molecule has 4 rings (SSSR count). The molecular formula is C20H21N7O2. The minimum absolute atomic E-state index is 0.293. The van der Waals surface area contributed by atoms with Crippen molar-refractivity contribution in [3.8, 4) is 5.75 Å². The Morgan fingerprint density at radius 1 is 0.931 bits per heavy atom. The van der Waals surface area contributed by atoms with Crippen LogP contribution in [0.15, 0.2) is 55.0 Å². The summed E-state index contributed by atoms with van der Waals surface area (Å²) in [6, 6.07) is 10.6. The van der Waals surface area contributed by atoms with Gasteiger partial charge in [-0.2, -0.15) is 0 Å². The van der Waals surface area contributed by atoms with Gasteiger partial charge in [0.2, 0.25) is 11.9 Å². The number of hydrogen-bond acceptors (Lipinski definition) is 8. The normalized spacial score (nSPS) is 13.8. The zero-order valence-electron chi connectivity index (χ0n) is 16.0. The molecule has 0 unspecified atom stereocenters. The standard InChI is InChI=1S/C20H21N7O2/c1-29-16-5-2-4-15(14-16)24-18(28)17-6-9-23-20(25-17)27-12-10-26(11-13-27)19-21-7-3-8-22-19/h2-9,14H,10-13H2,1H3,(H,24,28). The van der Waals surface area contributed by atoms with Gasteiger partial charge in [0.05, 0.1) is 7.11 Å². The third-order valence-corrected chi connectivity index (χ3v) is 4.60. The van der Waals surface area contributed by atoms with E-state index in [0.29, 0.717) is 23.1 Å². The fraction of sp³-hybridized carbons (Fsp3) is 0.250. The Balaban J connectivity index is 1.41. The van der Waals surface area contributed by atoms with E-state index in [9.17, 15) is 4.79 Å². The van der Waals surface area contributed by atoms with E-state index >= 15 is 0 Å². The van der Waals surface area contributed by atoms with Gasteiger partial charge in [0.1, 0.15) is 11.4 Å². The number of ether oxygens (including phenoxy) is 1. The van der Waals surface area contributed by atoms with E-state index in [1.165, 1.54) is 0 Å². The molecule has 0 spiro atoms. The number of amides is 1. The van der Waals surface area contributed by atoms with E-state index < -0.39 is 0 Å². The van der Waals surface area contributed by atoms with Gasteiger partial charge in [0, 0.05) is 56.5 Å². The van der Waals surface area contributed by atoms with E-state index in [1.54, 1.807) is 50.0 Å². The number of piperazine rings is 1. The van der Waals surface area contributed by atoms with E-state index in [0.717, 1.165) is 32.1 Å².